The lowest BCUT2D eigenvalue weighted by Crippen LogP contribution is -2.47. The molecule has 3 nitrogen and oxygen atoms in total. The number of hydrogen-bond acceptors (Lipinski definition) is 3. The van der Waals surface area contributed by atoms with Gasteiger partial charge in [-0.15, -0.1) is 0 Å². The van der Waals surface area contributed by atoms with Crippen molar-refractivity contribution in [3.63, 3.8) is 0 Å². The van der Waals surface area contributed by atoms with Crippen LogP contribution >= 0.6 is 0 Å². The highest BCUT2D eigenvalue weighted by molar-refractivity contribution is 5.33. The van der Waals surface area contributed by atoms with E-state index in [1.165, 1.54) is 23.1 Å². The summed E-state index contributed by atoms with van der Waals surface area (Å²) in [6, 6.07) is 6.45. The second kappa shape index (κ2) is 6.51. The lowest BCUT2D eigenvalue weighted by molar-refractivity contribution is -0.0408. The van der Waals surface area contributed by atoms with Gasteiger partial charge in [-0.1, -0.05) is 30.7 Å². The summed E-state index contributed by atoms with van der Waals surface area (Å²) in [5.74, 6) is 0. The minimum Gasteiger partial charge on any atom is -0.374 e. The lowest BCUT2D eigenvalue weighted by Gasteiger charge is -2.36. The molecule has 0 saturated carbocycles. The number of aryl methyl sites for hydroxylation is 2. The molecular weight excluding hydrogens is 236 g/mol. The van der Waals surface area contributed by atoms with E-state index in [2.05, 4.69) is 43.9 Å². The molecule has 0 amide bonds. The maximum absolute atomic E-state index is 6.43. The van der Waals surface area contributed by atoms with E-state index in [1.54, 1.807) is 0 Å². The second-order valence-corrected chi connectivity index (χ2v) is 5.60. The van der Waals surface area contributed by atoms with Gasteiger partial charge in [-0.05, 0) is 37.9 Å². The van der Waals surface area contributed by atoms with Crippen LogP contribution in [0.3, 0.4) is 0 Å². The normalized spacial score (nSPS) is 22.4. The molecule has 1 saturated heterocycles. The maximum atomic E-state index is 6.43. The lowest BCUT2D eigenvalue weighted by atomic mass is 9.95. The fourth-order valence-corrected chi connectivity index (χ4v) is 2.87. The van der Waals surface area contributed by atoms with Crippen LogP contribution in [0.2, 0.25) is 0 Å². The van der Waals surface area contributed by atoms with Crippen molar-refractivity contribution in [1.29, 1.82) is 0 Å². The summed E-state index contributed by atoms with van der Waals surface area (Å²) in [5, 5.41) is 0. The predicted molar refractivity (Wildman–Crippen MR) is 79.3 cm³/mol. The number of rotatable bonds is 4. The first kappa shape index (κ1) is 14.5. The summed E-state index contributed by atoms with van der Waals surface area (Å²) >= 11 is 0. The van der Waals surface area contributed by atoms with E-state index in [-0.39, 0.29) is 12.1 Å². The van der Waals surface area contributed by atoms with Gasteiger partial charge in [0.05, 0.1) is 18.8 Å². The average molecular weight is 262 g/mol. The quantitative estimate of drug-likeness (QED) is 0.905. The molecule has 2 rings (SSSR count). The van der Waals surface area contributed by atoms with Crippen LogP contribution in [0, 0.1) is 13.8 Å². The monoisotopic (exact) mass is 262 g/mol. The van der Waals surface area contributed by atoms with Crippen LogP contribution in [-0.2, 0) is 4.74 Å². The van der Waals surface area contributed by atoms with Gasteiger partial charge in [0.25, 0.3) is 0 Å². The zero-order valence-corrected chi connectivity index (χ0v) is 12.4. The molecule has 1 heterocycles. The van der Waals surface area contributed by atoms with Crippen molar-refractivity contribution in [1.82, 2.24) is 4.90 Å². The Balaban J connectivity index is 2.07. The summed E-state index contributed by atoms with van der Waals surface area (Å²) in [5.41, 5.74) is 10.2. The first-order valence-corrected chi connectivity index (χ1v) is 7.28. The Kier molecular flexibility index (Phi) is 4.97. The fraction of sp³-hybridized carbons (Fsp3) is 0.625. The van der Waals surface area contributed by atoms with Gasteiger partial charge in [0.15, 0.2) is 0 Å². The van der Waals surface area contributed by atoms with Gasteiger partial charge in [-0.3, -0.25) is 4.90 Å². The molecule has 1 aromatic carbocycles. The minimum absolute atomic E-state index is 0.0275. The first-order valence-electron chi connectivity index (χ1n) is 7.28. The zero-order valence-electron chi connectivity index (χ0n) is 12.4. The highest BCUT2D eigenvalue weighted by Crippen LogP contribution is 2.23. The van der Waals surface area contributed by atoms with Gasteiger partial charge >= 0.3 is 0 Å². The third kappa shape index (κ3) is 3.56. The smallest absolute Gasteiger partial charge is 0.0894 e. The zero-order chi connectivity index (χ0) is 13.8. The first-order chi connectivity index (χ1) is 9.11. The van der Waals surface area contributed by atoms with Crippen molar-refractivity contribution in [2.24, 2.45) is 5.73 Å². The molecule has 0 aliphatic carbocycles. The summed E-state index contributed by atoms with van der Waals surface area (Å²) in [6.45, 7) is 10.4. The van der Waals surface area contributed by atoms with E-state index in [9.17, 15) is 0 Å². The molecule has 3 heteroatoms. The topological polar surface area (TPSA) is 38.5 Å². The highest BCUT2D eigenvalue weighted by Gasteiger charge is 2.27. The molecule has 1 aromatic rings. The molecule has 0 bridgehead atoms. The molecule has 2 atom stereocenters. The Hall–Kier alpha value is -0.900. The number of benzene rings is 1. The van der Waals surface area contributed by atoms with Gasteiger partial charge < -0.3 is 10.5 Å². The second-order valence-electron chi connectivity index (χ2n) is 5.60. The average Bonchev–Trinajstić information content (AvgIpc) is 2.39. The van der Waals surface area contributed by atoms with Crippen LogP contribution in [0.5, 0.6) is 0 Å². The van der Waals surface area contributed by atoms with E-state index < -0.39 is 0 Å². The summed E-state index contributed by atoms with van der Waals surface area (Å²) in [7, 11) is 0. The van der Waals surface area contributed by atoms with Crippen molar-refractivity contribution in [3.05, 3.63) is 34.9 Å². The Morgan fingerprint density at radius 3 is 2.89 bits per heavy atom. The number of ether oxygens (including phenoxy) is 1. The van der Waals surface area contributed by atoms with Crippen molar-refractivity contribution in [3.8, 4) is 0 Å². The molecule has 1 aliphatic heterocycles. The van der Waals surface area contributed by atoms with Crippen molar-refractivity contribution in [2.75, 3.05) is 26.2 Å². The SMILES string of the molecule is CCCN1CCOC(C(N)c2ccc(C)cc2C)C1. The number of nitrogens with two attached hydrogens (primary N) is 1. The van der Waals surface area contributed by atoms with Crippen LogP contribution in [0.4, 0.5) is 0 Å². The maximum Gasteiger partial charge on any atom is 0.0894 e. The van der Waals surface area contributed by atoms with Crippen molar-refractivity contribution >= 4 is 0 Å². The third-order valence-electron chi connectivity index (χ3n) is 3.90. The number of nitrogens with zero attached hydrogens (tertiary/aromatic N) is 1. The van der Waals surface area contributed by atoms with E-state index in [0.29, 0.717) is 0 Å². The van der Waals surface area contributed by atoms with Crippen molar-refractivity contribution < 1.29 is 4.74 Å². The minimum atomic E-state index is -0.0275. The molecule has 0 radical (unpaired) electrons. The van der Waals surface area contributed by atoms with Crippen LogP contribution in [0.1, 0.15) is 36.1 Å². The molecular formula is C16H26N2O. The summed E-state index contributed by atoms with van der Waals surface area (Å²) < 4.78 is 5.89. The van der Waals surface area contributed by atoms with Crippen molar-refractivity contribution in [2.45, 2.75) is 39.3 Å². The molecule has 0 spiro atoms. The molecule has 2 N–H and O–H groups in total. The van der Waals surface area contributed by atoms with Gasteiger partial charge in [-0.25, -0.2) is 0 Å². The Morgan fingerprint density at radius 2 is 2.21 bits per heavy atom. The molecule has 1 aliphatic rings. The molecule has 2 unspecified atom stereocenters. The number of hydrogen-bond donors (Lipinski definition) is 1. The Labute approximate surface area is 116 Å². The van der Waals surface area contributed by atoms with Crippen LogP contribution in [0.15, 0.2) is 18.2 Å². The molecule has 0 aromatic heterocycles. The Bertz CT molecular complexity index is 417. The summed E-state index contributed by atoms with van der Waals surface area (Å²) in [6.07, 6.45) is 1.30. The van der Waals surface area contributed by atoms with Crippen LogP contribution < -0.4 is 5.73 Å². The van der Waals surface area contributed by atoms with Gasteiger partial charge in [0, 0.05) is 13.1 Å². The molecule has 106 valence electrons. The van der Waals surface area contributed by atoms with E-state index >= 15 is 0 Å². The third-order valence-corrected chi connectivity index (χ3v) is 3.90. The van der Waals surface area contributed by atoms with Crippen LogP contribution in [-0.4, -0.2) is 37.2 Å². The standard InChI is InChI=1S/C16H26N2O/c1-4-7-18-8-9-19-15(11-18)16(17)14-6-5-12(2)10-13(14)3/h5-6,10,15-16H,4,7-9,11,17H2,1-3H3. The van der Waals surface area contributed by atoms with E-state index in [4.69, 9.17) is 10.5 Å². The van der Waals surface area contributed by atoms with E-state index in [1.807, 2.05) is 0 Å². The predicted octanol–water partition coefficient (Wildman–Crippen LogP) is 2.41. The van der Waals surface area contributed by atoms with Gasteiger partial charge in [-0.2, -0.15) is 0 Å². The molecule has 1 fully saturated rings. The van der Waals surface area contributed by atoms with Gasteiger partial charge in [0.1, 0.15) is 0 Å². The van der Waals surface area contributed by atoms with E-state index in [0.717, 1.165) is 26.2 Å². The number of morpholine rings is 1. The Morgan fingerprint density at radius 1 is 1.42 bits per heavy atom. The molecule has 19 heavy (non-hydrogen) atoms. The fourth-order valence-electron chi connectivity index (χ4n) is 2.87. The highest BCUT2D eigenvalue weighted by atomic mass is 16.5. The van der Waals surface area contributed by atoms with Crippen LogP contribution in [0.25, 0.3) is 0 Å². The van der Waals surface area contributed by atoms with Gasteiger partial charge in [0.2, 0.25) is 0 Å². The summed E-state index contributed by atoms with van der Waals surface area (Å²) in [4.78, 5) is 2.46. The largest absolute Gasteiger partial charge is 0.374 e.